The highest BCUT2D eigenvalue weighted by Crippen LogP contribution is 2.36. The van der Waals surface area contributed by atoms with Crippen molar-refractivity contribution in [1.29, 1.82) is 0 Å². The van der Waals surface area contributed by atoms with Gasteiger partial charge in [0.05, 0.1) is 5.56 Å². The van der Waals surface area contributed by atoms with E-state index < -0.39 is 23.9 Å². The molecule has 0 aliphatic carbocycles. The molecule has 0 saturated carbocycles. The van der Waals surface area contributed by atoms with Gasteiger partial charge >= 0.3 is 23.9 Å². The molecule has 3 rings (SSSR count). The fraction of sp³-hybridized carbons (Fsp3) is 0.0556. The minimum Gasteiger partial charge on any atom is -0.490 e. The zero-order chi connectivity index (χ0) is 32.8. The molecule has 0 radical (unpaired) electrons. The first-order valence-electron chi connectivity index (χ1n) is 13.2. The van der Waals surface area contributed by atoms with Crippen LogP contribution in [0.2, 0.25) is 0 Å². The third kappa shape index (κ3) is 9.84. The molecule has 0 heterocycles. The predicted octanol–water partition coefficient (Wildman–Crippen LogP) is 5.85. The number of hydrogen-bond donors (Lipinski definition) is 0. The largest absolute Gasteiger partial charge is 0.490 e. The Bertz CT molecular complexity index is 1730. The monoisotopic (exact) mass is 604 g/mol. The molecule has 9 nitrogen and oxygen atoms in total. The van der Waals surface area contributed by atoms with Crippen LogP contribution in [0.25, 0.3) is 6.08 Å². The summed E-state index contributed by atoms with van der Waals surface area (Å²) in [7, 11) is 0. The van der Waals surface area contributed by atoms with Gasteiger partial charge in [-0.25, -0.2) is 19.2 Å². The highest BCUT2D eigenvalue weighted by molar-refractivity contribution is 5.88. The van der Waals surface area contributed by atoms with Gasteiger partial charge in [0.15, 0.2) is 0 Å². The van der Waals surface area contributed by atoms with Crippen LogP contribution in [0, 0.1) is 18.8 Å². The molecule has 3 aromatic rings. The Hall–Kier alpha value is -6.40. The van der Waals surface area contributed by atoms with Gasteiger partial charge in [-0.1, -0.05) is 38.2 Å². The topological polar surface area (TPSA) is 114 Å². The van der Waals surface area contributed by atoms with Gasteiger partial charge in [0.2, 0.25) is 0 Å². The van der Waals surface area contributed by atoms with Crippen molar-refractivity contribution in [1.82, 2.24) is 0 Å². The normalized spacial score (nSPS) is 9.98. The molecule has 0 atom stereocenters. The van der Waals surface area contributed by atoms with Gasteiger partial charge in [0, 0.05) is 41.0 Å². The Morgan fingerprint density at radius 1 is 0.667 bits per heavy atom. The molecule has 0 amide bonds. The Morgan fingerprint density at radius 2 is 1.16 bits per heavy atom. The molecule has 45 heavy (non-hydrogen) atoms. The summed E-state index contributed by atoms with van der Waals surface area (Å²) < 4.78 is 26.9. The predicted molar refractivity (Wildman–Crippen MR) is 168 cm³/mol. The van der Waals surface area contributed by atoms with Gasteiger partial charge in [-0.15, -0.1) is 0 Å². The number of esters is 4. The maximum atomic E-state index is 12.3. The first-order chi connectivity index (χ1) is 21.7. The van der Waals surface area contributed by atoms with E-state index >= 15 is 0 Å². The molecular formula is C36H28O9. The van der Waals surface area contributed by atoms with Crippen LogP contribution in [0.5, 0.6) is 28.7 Å². The lowest BCUT2D eigenvalue weighted by molar-refractivity contribution is -0.130. The summed E-state index contributed by atoms with van der Waals surface area (Å²) >= 11 is 0. The van der Waals surface area contributed by atoms with Gasteiger partial charge < -0.3 is 23.7 Å². The van der Waals surface area contributed by atoms with Crippen LogP contribution in [-0.4, -0.2) is 30.5 Å². The quantitative estimate of drug-likeness (QED) is 0.109. The highest BCUT2D eigenvalue weighted by atomic mass is 16.6. The lowest BCUT2D eigenvalue weighted by atomic mass is 10.0. The Labute approximate surface area is 260 Å². The Kier molecular flexibility index (Phi) is 12.0. The maximum Gasteiger partial charge on any atom is 0.335 e. The Balaban J connectivity index is 1.94. The van der Waals surface area contributed by atoms with E-state index in [-0.39, 0.29) is 23.7 Å². The van der Waals surface area contributed by atoms with E-state index in [0.717, 1.165) is 24.3 Å². The van der Waals surface area contributed by atoms with Gasteiger partial charge in [-0.3, -0.25) is 0 Å². The van der Waals surface area contributed by atoms with Crippen LogP contribution in [0.4, 0.5) is 0 Å². The zero-order valence-electron chi connectivity index (χ0n) is 24.4. The van der Waals surface area contributed by atoms with Crippen LogP contribution < -0.4 is 23.7 Å². The van der Waals surface area contributed by atoms with E-state index in [0.29, 0.717) is 33.9 Å². The van der Waals surface area contributed by atoms with E-state index in [1.54, 1.807) is 73.7 Å². The summed E-state index contributed by atoms with van der Waals surface area (Å²) in [6.07, 6.45) is 7.31. The second-order valence-corrected chi connectivity index (χ2v) is 8.75. The fourth-order valence-electron chi connectivity index (χ4n) is 3.52. The lowest BCUT2D eigenvalue weighted by Crippen LogP contribution is -2.10. The highest BCUT2D eigenvalue weighted by Gasteiger charge is 2.19. The second-order valence-electron chi connectivity index (χ2n) is 8.75. The van der Waals surface area contributed by atoms with E-state index in [1.165, 1.54) is 0 Å². The number of hydrogen-bond acceptors (Lipinski definition) is 9. The minimum absolute atomic E-state index is 0.0537. The molecular weight excluding hydrogens is 576 g/mol. The molecule has 226 valence electrons. The zero-order valence-corrected chi connectivity index (χ0v) is 24.4. The average molecular weight is 605 g/mol. The number of carbonyl (C=O) groups is 4. The lowest BCUT2D eigenvalue weighted by Gasteiger charge is -2.16. The molecule has 0 N–H and O–H groups in total. The minimum atomic E-state index is -0.744. The summed E-state index contributed by atoms with van der Waals surface area (Å²) in [6, 6.07) is 14.4. The SMILES string of the molecule is C=CC(=O)Oc1ccc(C#Cc2cc(OC(=O)C=C)c(C=CCOc3ccc(OC(=O)C=C)cc3)c(OC(=O)C=C)c2C)cc1. The summed E-state index contributed by atoms with van der Waals surface area (Å²) in [6.45, 7) is 15.4. The van der Waals surface area contributed by atoms with Crippen LogP contribution in [0.1, 0.15) is 22.3 Å². The van der Waals surface area contributed by atoms with Crippen LogP contribution in [-0.2, 0) is 19.2 Å². The Morgan fingerprint density at radius 3 is 1.71 bits per heavy atom. The molecule has 0 saturated heterocycles. The standard InChI is InChI=1S/C36H28O9/c1-6-32(37)42-28-16-13-25(14-17-28)12-15-26-23-31(44-34(39)8-3)30(36(24(26)5)45-35(40)9-4)11-10-22-41-27-18-20-29(21-19-27)43-33(38)7-2/h6-11,13-14,16-21,23H,1-4,22H2,5H3. The molecule has 3 aromatic carbocycles. The van der Waals surface area contributed by atoms with Crippen LogP contribution in [0.15, 0.2) is 111 Å². The molecule has 0 aliphatic rings. The second kappa shape index (κ2) is 16.3. The number of benzene rings is 3. The van der Waals surface area contributed by atoms with Crippen molar-refractivity contribution in [2.24, 2.45) is 0 Å². The van der Waals surface area contributed by atoms with Gasteiger partial charge in [-0.2, -0.15) is 0 Å². The third-order valence-electron chi connectivity index (χ3n) is 5.70. The van der Waals surface area contributed by atoms with Crippen molar-refractivity contribution >= 4 is 30.0 Å². The first kappa shape index (κ1) is 33.1. The van der Waals surface area contributed by atoms with Crippen LogP contribution in [0.3, 0.4) is 0 Å². The average Bonchev–Trinajstić information content (AvgIpc) is 3.05. The summed E-state index contributed by atoms with van der Waals surface area (Å²) in [5, 5.41) is 0. The molecule has 0 bridgehead atoms. The number of rotatable bonds is 12. The molecule has 0 unspecified atom stereocenters. The molecule has 9 heteroatoms. The smallest absolute Gasteiger partial charge is 0.335 e. The van der Waals surface area contributed by atoms with E-state index in [9.17, 15) is 19.2 Å². The van der Waals surface area contributed by atoms with E-state index in [4.69, 9.17) is 23.7 Å². The van der Waals surface area contributed by atoms with Crippen molar-refractivity contribution < 1.29 is 42.9 Å². The van der Waals surface area contributed by atoms with Crippen LogP contribution >= 0.6 is 0 Å². The van der Waals surface area contributed by atoms with Crippen molar-refractivity contribution in [3.05, 3.63) is 134 Å². The number of ether oxygens (including phenoxy) is 5. The summed E-state index contributed by atoms with van der Waals surface area (Å²) in [5.41, 5.74) is 1.75. The summed E-state index contributed by atoms with van der Waals surface area (Å²) in [4.78, 5) is 47.3. The van der Waals surface area contributed by atoms with Crippen molar-refractivity contribution in [3.8, 4) is 40.6 Å². The van der Waals surface area contributed by atoms with Crippen molar-refractivity contribution in [2.75, 3.05) is 6.61 Å². The van der Waals surface area contributed by atoms with E-state index in [2.05, 4.69) is 38.2 Å². The molecule has 0 fully saturated rings. The van der Waals surface area contributed by atoms with Gasteiger partial charge in [-0.05, 0) is 73.7 Å². The van der Waals surface area contributed by atoms with E-state index in [1.807, 2.05) is 0 Å². The fourth-order valence-corrected chi connectivity index (χ4v) is 3.52. The van der Waals surface area contributed by atoms with Gasteiger partial charge in [0.1, 0.15) is 35.4 Å². The van der Waals surface area contributed by atoms with Crippen molar-refractivity contribution in [2.45, 2.75) is 6.92 Å². The summed E-state index contributed by atoms with van der Waals surface area (Å²) in [5.74, 6) is 4.63. The molecule has 0 aromatic heterocycles. The van der Waals surface area contributed by atoms with Gasteiger partial charge in [0.25, 0.3) is 0 Å². The van der Waals surface area contributed by atoms with Crippen molar-refractivity contribution in [3.63, 3.8) is 0 Å². The molecule has 0 aliphatic heterocycles. The first-order valence-corrected chi connectivity index (χ1v) is 13.2. The number of carbonyl (C=O) groups excluding carboxylic acids is 4. The molecule has 0 spiro atoms. The maximum absolute atomic E-state index is 12.3. The third-order valence-corrected chi connectivity index (χ3v) is 5.70.